The number of rotatable bonds is 7. The van der Waals surface area contributed by atoms with Gasteiger partial charge in [-0.2, -0.15) is 23.5 Å². The molecule has 0 atom stereocenters. The van der Waals surface area contributed by atoms with Crippen LogP contribution in [-0.2, 0) is 11.0 Å². The third kappa shape index (κ3) is 5.68. The van der Waals surface area contributed by atoms with Crippen LogP contribution in [0.15, 0.2) is 84.6 Å². The number of hydrogen-bond acceptors (Lipinski definition) is 5. The number of carbonyl (C=O) groups is 1. The van der Waals surface area contributed by atoms with Gasteiger partial charge in [0, 0.05) is 23.0 Å². The molecule has 0 aliphatic rings. The number of carbonyl (C=O) groups excluding carboxylic acids is 1. The highest BCUT2D eigenvalue weighted by Crippen LogP contribution is 2.34. The third-order valence-corrected chi connectivity index (χ3v) is 5.53. The molecule has 1 aromatic heterocycles. The number of para-hydroxylation sites is 1. The molecule has 38 heavy (non-hydrogen) atoms. The molecule has 0 saturated carbocycles. The highest BCUT2D eigenvalue weighted by Gasteiger charge is 2.30. The molecule has 4 aromatic rings. The minimum absolute atomic E-state index is 0.0916. The molecule has 0 aliphatic carbocycles. The van der Waals surface area contributed by atoms with E-state index in [1.54, 1.807) is 29.1 Å². The van der Waals surface area contributed by atoms with Gasteiger partial charge in [0.05, 0.1) is 25.5 Å². The molecule has 192 valence electrons. The zero-order chi connectivity index (χ0) is 27.3. The van der Waals surface area contributed by atoms with Crippen molar-refractivity contribution in [1.29, 1.82) is 5.26 Å². The average Bonchev–Trinajstić information content (AvgIpc) is 3.35. The number of benzene rings is 3. The van der Waals surface area contributed by atoms with Crippen LogP contribution >= 0.6 is 0 Å². The van der Waals surface area contributed by atoms with Gasteiger partial charge in [-0.25, -0.2) is 4.68 Å². The molecule has 0 fully saturated rings. The number of aromatic nitrogens is 2. The Balaban J connectivity index is 1.76. The van der Waals surface area contributed by atoms with Crippen molar-refractivity contribution in [3.8, 4) is 34.5 Å². The summed E-state index contributed by atoms with van der Waals surface area (Å²) in [6, 6.07) is 20.4. The summed E-state index contributed by atoms with van der Waals surface area (Å²) in [5, 5.41) is 16.8. The molecule has 0 unspecified atom stereocenters. The van der Waals surface area contributed by atoms with Gasteiger partial charge in [-0.1, -0.05) is 24.3 Å². The number of ether oxygens (including phenoxy) is 2. The second-order valence-corrected chi connectivity index (χ2v) is 7.99. The van der Waals surface area contributed by atoms with E-state index in [1.807, 2.05) is 36.4 Å². The normalized spacial score (nSPS) is 11.5. The lowest BCUT2D eigenvalue weighted by Gasteiger charge is -2.10. The van der Waals surface area contributed by atoms with Crippen molar-refractivity contribution in [3.63, 3.8) is 0 Å². The molecule has 0 spiro atoms. The van der Waals surface area contributed by atoms with Gasteiger partial charge in [0.25, 0.3) is 5.91 Å². The van der Waals surface area contributed by atoms with E-state index in [2.05, 4.69) is 10.4 Å². The topological polar surface area (TPSA) is 89.2 Å². The molecule has 4 rings (SSSR count). The number of anilines is 1. The lowest BCUT2D eigenvalue weighted by atomic mass is 10.0. The molecule has 0 aliphatic heterocycles. The zero-order valence-electron chi connectivity index (χ0n) is 20.3. The first kappa shape index (κ1) is 26.0. The van der Waals surface area contributed by atoms with Crippen LogP contribution in [0.3, 0.4) is 0 Å². The third-order valence-electron chi connectivity index (χ3n) is 5.53. The molecular formula is C28H21F3N4O3. The maximum absolute atomic E-state index is 13.1. The van der Waals surface area contributed by atoms with Crippen molar-refractivity contribution in [2.24, 2.45) is 0 Å². The Hall–Kier alpha value is -5.04. The van der Waals surface area contributed by atoms with Crippen LogP contribution in [0, 0.1) is 11.3 Å². The van der Waals surface area contributed by atoms with Crippen molar-refractivity contribution in [1.82, 2.24) is 9.78 Å². The molecule has 0 bridgehead atoms. The van der Waals surface area contributed by atoms with Gasteiger partial charge in [-0.05, 0) is 54.6 Å². The van der Waals surface area contributed by atoms with Crippen molar-refractivity contribution >= 4 is 17.7 Å². The molecule has 0 saturated heterocycles. The summed E-state index contributed by atoms with van der Waals surface area (Å²) in [6.45, 7) is 0. The molecule has 7 nitrogen and oxygen atoms in total. The summed E-state index contributed by atoms with van der Waals surface area (Å²) in [7, 11) is 3.01. The van der Waals surface area contributed by atoms with E-state index in [0.29, 0.717) is 28.3 Å². The smallest absolute Gasteiger partial charge is 0.416 e. The van der Waals surface area contributed by atoms with Crippen LogP contribution in [0.1, 0.15) is 11.1 Å². The van der Waals surface area contributed by atoms with E-state index < -0.39 is 17.6 Å². The fourth-order valence-electron chi connectivity index (χ4n) is 3.69. The molecule has 1 amide bonds. The van der Waals surface area contributed by atoms with Crippen LogP contribution in [0.2, 0.25) is 0 Å². The van der Waals surface area contributed by atoms with Gasteiger partial charge in [0.15, 0.2) is 11.5 Å². The van der Waals surface area contributed by atoms with E-state index in [1.165, 1.54) is 32.4 Å². The number of nitriles is 1. The fraction of sp³-hybridized carbons (Fsp3) is 0.107. The predicted octanol–water partition coefficient (Wildman–Crippen LogP) is 6.12. The summed E-state index contributed by atoms with van der Waals surface area (Å²) < 4.78 is 51.5. The summed E-state index contributed by atoms with van der Waals surface area (Å²) >= 11 is 0. The Morgan fingerprint density at radius 3 is 2.39 bits per heavy atom. The molecular weight excluding hydrogens is 497 g/mol. The van der Waals surface area contributed by atoms with Gasteiger partial charge >= 0.3 is 6.18 Å². The lowest BCUT2D eigenvalue weighted by Crippen LogP contribution is -2.14. The zero-order valence-corrected chi connectivity index (χ0v) is 20.3. The van der Waals surface area contributed by atoms with E-state index >= 15 is 0 Å². The number of amides is 1. The quantitative estimate of drug-likeness (QED) is 0.235. The second kappa shape index (κ2) is 10.9. The van der Waals surface area contributed by atoms with Crippen LogP contribution in [0.4, 0.5) is 18.9 Å². The molecule has 10 heteroatoms. The van der Waals surface area contributed by atoms with E-state index in [0.717, 1.165) is 17.8 Å². The molecule has 3 aromatic carbocycles. The SMILES string of the molecule is COc1ccc(-c2nn(-c3ccccc3)cc2/C=C(\C#N)C(=O)Nc2cccc(C(F)(F)F)c2)cc1OC. The standard InChI is InChI=1S/C28H21F3N4O3/c1-37-24-12-11-18(14-25(24)38-2)26-20(17-35(34-26)23-9-4-3-5-10-23)13-19(16-32)27(36)33-22-8-6-7-21(15-22)28(29,30)31/h3-15,17H,1-2H3,(H,33,36)/b19-13+. The van der Waals surface area contributed by atoms with Crippen molar-refractivity contribution < 1.29 is 27.4 Å². The largest absolute Gasteiger partial charge is 0.493 e. The van der Waals surface area contributed by atoms with E-state index in [9.17, 15) is 23.2 Å². The molecule has 1 N–H and O–H groups in total. The first-order valence-corrected chi connectivity index (χ1v) is 11.2. The van der Waals surface area contributed by atoms with Gasteiger partial charge in [0.1, 0.15) is 17.3 Å². The number of hydrogen-bond donors (Lipinski definition) is 1. The molecule has 0 radical (unpaired) electrons. The number of halogens is 3. The van der Waals surface area contributed by atoms with Gasteiger partial charge in [0.2, 0.25) is 0 Å². The van der Waals surface area contributed by atoms with Crippen LogP contribution in [-0.4, -0.2) is 29.9 Å². The second-order valence-electron chi connectivity index (χ2n) is 7.99. The van der Waals surface area contributed by atoms with Gasteiger partial charge in [-0.15, -0.1) is 0 Å². The number of nitrogens with one attached hydrogen (secondary N) is 1. The van der Waals surface area contributed by atoms with E-state index in [-0.39, 0.29) is 11.3 Å². The monoisotopic (exact) mass is 518 g/mol. The maximum Gasteiger partial charge on any atom is 0.416 e. The predicted molar refractivity (Wildman–Crippen MR) is 136 cm³/mol. The summed E-state index contributed by atoms with van der Waals surface area (Å²) in [4.78, 5) is 12.9. The minimum atomic E-state index is -4.57. The molecule has 1 heterocycles. The summed E-state index contributed by atoms with van der Waals surface area (Å²) in [5.74, 6) is 0.101. The van der Waals surface area contributed by atoms with Gasteiger partial charge in [-0.3, -0.25) is 4.79 Å². The minimum Gasteiger partial charge on any atom is -0.493 e. The number of alkyl halides is 3. The Kier molecular flexibility index (Phi) is 7.48. The van der Waals surface area contributed by atoms with Crippen molar-refractivity contribution in [2.45, 2.75) is 6.18 Å². The Bertz CT molecular complexity index is 1540. The highest BCUT2D eigenvalue weighted by atomic mass is 19.4. The van der Waals surface area contributed by atoms with Crippen LogP contribution in [0.25, 0.3) is 23.0 Å². The summed E-state index contributed by atoms with van der Waals surface area (Å²) in [5.41, 5.74) is 0.895. The number of methoxy groups -OCH3 is 2. The first-order chi connectivity index (χ1) is 18.2. The Morgan fingerprint density at radius 2 is 1.74 bits per heavy atom. The Labute approximate surface area is 216 Å². The first-order valence-electron chi connectivity index (χ1n) is 11.2. The average molecular weight is 518 g/mol. The summed E-state index contributed by atoms with van der Waals surface area (Å²) in [6.07, 6.45) is -1.59. The van der Waals surface area contributed by atoms with Crippen molar-refractivity contribution in [3.05, 3.63) is 95.7 Å². The lowest BCUT2D eigenvalue weighted by molar-refractivity contribution is -0.137. The number of nitrogens with zero attached hydrogens (tertiary/aromatic N) is 3. The maximum atomic E-state index is 13.1. The van der Waals surface area contributed by atoms with Crippen LogP contribution in [0.5, 0.6) is 11.5 Å². The highest BCUT2D eigenvalue weighted by molar-refractivity contribution is 6.10. The fourth-order valence-corrected chi connectivity index (χ4v) is 3.69. The van der Waals surface area contributed by atoms with E-state index in [4.69, 9.17) is 9.47 Å². The van der Waals surface area contributed by atoms with Gasteiger partial charge < -0.3 is 14.8 Å². The van der Waals surface area contributed by atoms with Crippen LogP contribution < -0.4 is 14.8 Å². The van der Waals surface area contributed by atoms with Crippen molar-refractivity contribution in [2.75, 3.05) is 19.5 Å². The Morgan fingerprint density at radius 1 is 1.00 bits per heavy atom.